The third-order valence-electron chi connectivity index (χ3n) is 6.49. The molecule has 0 aromatic heterocycles. The van der Waals surface area contributed by atoms with Gasteiger partial charge in [0.25, 0.3) is 5.91 Å². The molecule has 2 aromatic rings. The fourth-order valence-corrected chi connectivity index (χ4v) is 5.94. The molecule has 9 heteroatoms. The molecule has 0 unspecified atom stereocenters. The smallest absolute Gasteiger partial charge is 0.253 e. The SMILES string of the molecule is CCC(=O)C[C@H]1O[C@H](c2cccc(Cl)c2)[C@@H](c2ccc(Cl)cc2)N([C@@H](C)CS(=O)(=O)C(C)(C)C)C1=O. The number of morpholine rings is 1. The van der Waals surface area contributed by atoms with Crippen LogP contribution < -0.4 is 0 Å². The molecule has 3 rings (SSSR count). The van der Waals surface area contributed by atoms with Crippen LogP contribution in [0.15, 0.2) is 48.5 Å². The lowest BCUT2D eigenvalue weighted by atomic mass is 9.90. The molecule has 1 fully saturated rings. The van der Waals surface area contributed by atoms with Gasteiger partial charge in [0.05, 0.1) is 16.5 Å². The van der Waals surface area contributed by atoms with Crippen LogP contribution in [0.25, 0.3) is 0 Å². The predicted molar refractivity (Wildman–Crippen MR) is 143 cm³/mol. The maximum absolute atomic E-state index is 13.9. The van der Waals surface area contributed by atoms with Crippen molar-refractivity contribution in [2.24, 2.45) is 0 Å². The van der Waals surface area contributed by atoms with Crippen molar-refractivity contribution in [3.63, 3.8) is 0 Å². The van der Waals surface area contributed by atoms with E-state index in [0.717, 1.165) is 11.1 Å². The molecule has 0 radical (unpaired) electrons. The van der Waals surface area contributed by atoms with Gasteiger partial charge in [-0.25, -0.2) is 8.42 Å². The first kappa shape index (κ1) is 28.6. The number of halogens is 2. The zero-order chi connectivity index (χ0) is 26.8. The van der Waals surface area contributed by atoms with Gasteiger partial charge in [0, 0.05) is 28.9 Å². The van der Waals surface area contributed by atoms with E-state index in [-0.39, 0.29) is 24.4 Å². The van der Waals surface area contributed by atoms with E-state index in [1.165, 1.54) is 0 Å². The first-order chi connectivity index (χ1) is 16.7. The molecule has 1 amide bonds. The Morgan fingerprint density at radius 3 is 2.25 bits per heavy atom. The van der Waals surface area contributed by atoms with E-state index < -0.39 is 44.8 Å². The molecule has 0 N–H and O–H groups in total. The minimum atomic E-state index is -3.56. The number of amides is 1. The fourth-order valence-electron chi connectivity index (χ4n) is 4.32. The average molecular weight is 555 g/mol. The molecular weight excluding hydrogens is 521 g/mol. The summed E-state index contributed by atoms with van der Waals surface area (Å²) in [6.45, 7) is 8.39. The highest BCUT2D eigenvalue weighted by molar-refractivity contribution is 7.92. The summed E-state index contributed by atoms with van der Waals surface area (Å²) in [5, 5.41) is 1.03. The molecule has 1 heterocycles. The average Bonchev–Trinajstić information content (AvgIpc) is 2.79. The minimum Gasteiger partial charge on any atom is -0.357 e. The van der Waals surface area contributed by atoms with Gasteiger partial charge in [0.1, 0.15) is 18.0 Å². The molecule has 196 valence electrons. The van der Waals surface area contributed by atoms with Gasteiger partial charge < -0.3 is 9.64 Å². The number of rotatable bonds is 8. The quantitative estimate of drug-likeness (QED) is 0.402. The standard InChI is InChI=1S/C27H33Cl2NO5S/c1-6-22(31)15-23-26(32)30(17(2)16-36(33,34)27(3,4)5)24(18-10-12-20(28)13-11-18)25(35-23)19-8-7-9-21(29)14-19/h7-14,17,23-25H,6,15-16H2,1-5H3/t17-,23+,24+,25+/m0/s1. The van der Waals surface area contributed by atoms with Crippen molar-refractivity contribution in [3.8, 4) is 0 Å². The number of carbonyl (C=O) groups is 2. The van der Waals surface area contributed by atoms with E-state index in [0.29, 0.717) is 10.0 Å². The summed E-state index contributed by atoms with van der Waals surface area (Å²) in [5.41, 5.74) is 1.46. The Labute approximate surface area is 223 Å². The molecule has 36 heavy (non-hydrogen) atoms. The number of hydrogen-bond donors (Lipinski definition) is 0. The molecule has 6 nitrogen and oxygen atoms in total. The van der Waals surface area contributed by atoms with Crippen molar-refractivity contribution in [2.75, 3.05) is 5.75 Å². The Balaban J connectivity index is 2.17. The molecule has 2 aromatic carbocycles. The molecule has 0 spiro atoms. The monoisotopic (exact) mass is 553 g/mol. The maximum atomic E-state index is 13.9. The lowest BCUT2D eigenvalue weighted by molar-refractivity contribution is -0.179. The van der Waals surface area contributed by atoms with E-state index in [9.17, 15) is 18.0 Å². The zero-order valence-electron chi connectivity index (χ0n) is 21.2. The third kappa shape index (κ3) is 6.31. The van der Waals surface area contributed by atoms with Crippen molar-refractivity contribution in [1.82, 2.24) is 4.90 Å². The van der Waals surface area contributed by atoms with Crippen LogP contribution in [-0.2, 0) is 24.2 Å². The molecule has 4 atom stereocenters. The van der Waals surface area contributed by atoms with E-state index in [1.807, 2.05) is 6.07 Å². The van der Waals surface area contributed by atoms with Crippen molar-refractivity contribution in [1.29, 1.82) is 0 Å². The van der Waals surface area contributed by atoms with Crippen molar-refractivity contribution >= 4 is 44.7 Å². The van der Waals surface area contributed by atoms with Gasteiger partial charge in [0.2, 0.25) is 0 Å². The molecule has 0 aliphatic carbocycles. The summed E-state index contributed by atoms with van der Waals surface area (Å²) in [7, 11) is -3.56. The Hall–Kier alpha value is -1.93. The predicted octanol–water partition coefficient (Wildman–Crippen LogP) is 5.97. The Kier molecular flexibility index (Phi) is 8.92. The number of benzene rings is 2. The van der Waals surface area contributed by atoms with Gasteiger partial charge in [0.15, 0.2) is 9.84 Å². The number of ether oxygens (including phenoxy) is 1. The van der Waals surface area contributed by atoms with Gasteiger partial charge in [-0.3, -0.25) is 9.59 Å². The molecule has 1 aliphatic heterocycles. The van der Waals surface area contributed by atoms with Crippen LogP contribution in [0.2, 0.25) is 10.0 Å². The van der Waals surface area contributed by atoms with Crippen LogP contribution in [0, 0.1) is 0 Å². The summed E-state index contributed by atoms with van der Waals surface area (Å²) in [4.78, 5) is 27.8. The van der Waals surface area contributed by atoms with E-state index >= 15 is 0 Å². The van der Waals surface area contributed by atoms with Crippen LogP contribution in [0.3, 0.4) is 0 Å². The summed E-state index contributed by atoms with van der Waals surface area (Å²) >= 11 is 12.4. The summed E-state index contributed by atoms with van der Waals surface area (Å²) in [6, 6.07) is 12.8. The van der Waals surface area contributed by atoms with Crippen molar-refractivity contribution in [2.45, 2.75) is 76.5 Å². The van der Waals surface area contributed by atoms with E-state index in [2.05, 4.69) is 0 Å². The molecule has 0 bridgehead atoms. The zero-order valence-corrected chi connectivity index (χ0v) is 23.5. The largest absolute Gasteiger partial charge is 0.357 e. The highest BCUT2D eigenvalue weighted by Gasteiger charge is 2.47. The number of Topliss-reactive ketones (excluding diaryl/α,β-unsaturated/α-hetero) is 1. The second-order valence-corrected chi connectivity index (χ2v) is 13.8. The second-order valence-electron chi connectivity index (χ2n) is 10.2. The number of ketones is 1. The molecule has 1 saturated heterocycles. The number of sulfone groups is 1. The number of nitrogens with zero attached hydrogens (tertiary/aromatic N) is 1. The van der Waals surface area contributed by atoms with Crippen molar-refractivity contribution in [3.05, 3.63) is 69.7 Å². The van der Waals surface area contributed by atoms with Crippen LogP contribution in [0.4, 0.5) is 0 Å². The highest BCUT2D eigenvalue weighted by Crippen LogP contribution is 2.44. The van der Waals surface area contributed by atoms with Gasteiger partial charge in [-0.05, 0) is 63.1 Å². The Morgan fingerprint density at radius 2 is 1.69 bits per heavy atom. The maximum Gasteiger partial charge on any atom is 0.253 e. The normalized spacial score (nSPS) is 21.9. The van der Waals surface area contributed by atoms with Crippen LogP contribution in [-0.4, -0.2) is 47.7 Å². The third-order valence-corrected chi connectivity index (χ3v) is 9.77. The van der Waals surface area contributed by atoms with Crippen LogP contribution >= 0.6 is 23.2 Å². The molecular formula is C27H33Cl2NO5S. The highest BCUT2D eigenvalue weighted by atomic mass is 35.5. The molecule has 1 aliphatic rings. The summed E-state index contributed by atoms with van der Waals surface area (Å²) < 4.78 is 31.6. The first-order valence-corrected chi connectivity index (χ1v) is 14.4. The van der Waals surface area contributed by atoms with Gasteiger partial charge >= 0.3 is 0 Å². The Morgan fingerprint density at radius 1 is 1.06 bits per heavy atom. The second kappa shape index (κ2) is 11.2. The lowest BCUT2D eigenvalue weighted by Gasteiger charge is -2.47. The van der Waals surface area contributed by atoms with Crippen LogP contribution in [0.1, 0.15) is 70.7 Å². The van der Waals surface area contributed by atoms with Gasteiger partial charge in [-0.1, -0.05) is 54.4 Å². The first-order valence-electron chi connectivity index (χ1n) is 12.0. The van der Waals surface area contributed by atoms with Gasteiger partial charge in [-0.15, -0.1) is 0 Å². The van der Waals surface area contributed by atoms with E-state index in [1.54, 1.807) is 82.0 Å². The summed E-state index contributed by atoms with van der Waals surface area (Å²) in [5.74, 6) is -0.757. The number of carbonyl (C=O) groups excluding carboxylic acids is 2. The Bertz CT molecular complexity index is 1210. The summed E-state index contributed by atoms with van der Waals surface area (Å²) in [6.07, 6.45) is -1.54. The van der Waals surface area contributed by atoms with Gasteiger partial charge in [-0.2, -0.15) is 0 Å². The topological polar surface area (TPSA) is 80.8 Å². The lowest BCUT2D eigenvalue weighted by Crippen LogP contribution is -2.56. The molecule has 0 saturated carbocycles. The minimum absolute atomic E-state index is 0.0883. The number of hydrogen-bond acceptors (Lipinski definition) is 5. The van der Waals surface area contributed by atoms with Crippen molar-refractivity contribution < 1.29 is 22.7 Å². The van der Waals surface area contributed by atoms with E-state index in [4.69, 9.17) is 27.9 Å². The fraction of sp³-hybridized carbons (Fsp3) is 0.481. The van der Waals surface area contributed by atoms with Crippen LogP contribution in [0.5, 0.6) is 0 Å².